The van der Waals surface area contributed by atoms with Gasteiger partial charge < -0.3 is 5.11 Å². The van der Waals surface area contributed by atoms with Gasteiger partial charge in [0.1, 0.15) is 0 Å². The van der Waals surface area contributed by atoms with Gasteiger partial charge in [-0.2, -0.15) is 0 Å². The van der Waals surface area contributed by atoms with Gasteiger partial charge in [-0.15, -0.1) is 0 Å². The Morgan fingerprint density at radius 2 is 1.27 bits per heavy atom. The van der Waals surface area contributed by atoms with Crippen molar-refractivity contribution in [2.45, 2.75) is 71.1 Å². The first-order chi connectivity index (χ1) is 6.77. The van der Waals surface area contributed by atoms with Crippen molar-refractivity contribution < 1.29 is 9.90 Å². The SMILES string of the molecule is CCCCCCCCCCCC(=O)O.[S]. The average Bonchev–Trinajstić information content (AvgIpc) is 2.15. The first kappa shape index (κ1) is 17.2. The van der Waals surface area contributed by atoms with Crippen LogP contribution in [-0.4, -0.2) is 11.1 Å². The fourth-order valence-corrected chi connectivity index (χ4v) is 1.59. The number of carboxylic acid groups (broad SMARTS) is 1. The molecule has 3 heteroatoms. The molecule has 0 rings (SSSR count). The molecule has 0 aromatic carbocycles. The van der Waals surface area contributed by atoms with Gasteiger partial charge >= 0.3 is 5.97 Å². The third-order valence-corrected chi connectivity index (χ3v) is 2.49. The van der Waals surface area contributed by atoms with Crippen molar-refractivity contribution in [3.8, 4) is 0 Å². The molecule has 90 valence electrons. The molecule has 0 aliphatic heterocycles. The van der Waals surface area contributed by atoms with Gasteiger partial charge in [-0.25, -0.2) is 0 Å². The molecule has 0 bridgehead atoms. The minimum absolute atomic E-state index is 0. The van der Waals surface area contributed by atoms with Crippen LogP contribution in [0.4, 0.5) is 0 Å². The fraction of sp³-hybridized carbons (Fsp3) is 0.917. The quantitative estimate of drug-likeness (QED) is 0.557. The molecule has 0 saturated carbocycles. The Labute approximate surface area is 101 Å². The summed E-state index contributed by atoms with van der Waals surface area (Å²) in [6.07, 6.45) is 11.5. The van der Waals surface area contributed by atoms with E-state index in [1.807, 2.05) is 0 Å². The third kappa shape index (κ3) is 16.5. The van der Waals surface area contributed by atoms with Crippen LogP contribution in [0.15, 0.2) is 0 Å². The number of aliphatic carboxylic acids is 1. The highest BCUT2D eigenvalue weighted by molar-refractivity contribution is 7.59. The molecule has 0 aromatic heterocycles. The molecule has 0 amide bonds. The van der Waals surface area contributed by atoms with Crippen molar-refractivity contribution in [2.75, 3.05) is 0 Å². The largest absolute Gasteiger partial charge is 0.481 e. The van der Waals surface area contributed by atoms with Crippen LogP contribution in [0.1, 0.15) is 71.1 Å². The summed E-state index contributed by atoms with van der Waals surface area (Å²) in [4.78, 5) is 10.2. The summed E-state index contributed by atoms with van der Waals surface area (Å²) in [5, 5.41) is 8.41. The van der Waals surface area contributed by atoms with Crippen molar-refractivity contribution in [1.82, 2.24) is 0 Å². The number of unbranched alkanes of at least 4 members (excludes halogenated alkanes) is 8. The predicted molar refractivity (Wildman–Crippen MR) is 67.1 cm³/mol. The van der Waals surface area contributed by atoms with E-state index in [0.717, 1.165) is 12.8 Å². The van der Waals surface area contributed by atoms with E-state index in [4.69, 9.17) is 5.11 Å². The molecule has 0 aromatic rings. The van der Waals surface area contributed by atoms with E-state index in [-0.39, 0.29) is 13.5 Å². The smallest absolute Gasteiger partial charge is 0.303 e. The Morgan fingerprint density at radius 1 is 0.867 bits per heavy atom. The summed E-state index contributed by atoms with van der Waals surface area (Å²) in [6.45, 7) is 2.23. The number of hydrogen-bond donors (Lipinski definition) is 1. The van der Waals surface area contributed by atoms with E-state index in [1.165, 1.54) is 44.9 Å². The molecule has 0 unspecified atom stereocenters. The van der Waals surface area contributed by atoms with E-state index in [0.29, 0.717) is 6.42 Å². The van der Waals surface area contributed by atoms with Crippen LogP contribution in [0.5, 0.6) is 0 Å². The Hall–Kier alpha value is -0.180. The molecule has 0 spiro atoms. The average molecular weight is 232 g/mol. The number of rotatable bonds is 10. The Balaban J connectivity index is 0. The number of hydrogen-bond acceptors (Lipinski definition) is 1. The molecule has 1 N–H and O–H groups in total. The molecule has 0 aliphatic rings. The third-order valence-electron chi connectivity index (χ3n) is 2.49. The molecule has 0 fully saturated rings. The van der Waals surface area contributed by atoms with E-state index >= 15 is 0 Å². The van der Waals surface area contributed by atoms with Crippen molar-refractivity contribution >= 4 is 19.5 Å². The molecule has 2 nitrogen and oxygen atoms in total. The Bertz CT molecular complexity index is 138. The van der Waals surface area contributed by atoms with Crippen LogP contribution >= 0.6 is 13.5 Å². The van der Waals surface area contributed by atoms with Crippen LogP contribution in [-0.2, 0) is 4.79 Å². The lowest BCUT2D eigenvalue weighted by atomic mass is 10.1. The molecule has 2 radical (unpaired) electrons. The zero-order valence-corrected chi connectivity index (χ0v) is 10.7. The molecule has 0 aliphatic carbocycles. The predicted octanol–water partition coefficient (Wildman–Crippen LogP) is 4.64. The minimum atomic E-state index is -0.659. The Kier molecular flexibility index (Phi) is 15.9. The van der Waals surface area contributed by atoms with Crippen LogP contribution in [0, 0.1) is 0 Å². The van der Waals surface area contributed by atoms with Crippen molar-refractivity contribution in [3.05, 3.63) is 0 Å². The zero-order valence-electron chi connectivity index (χ0n) is 9.83. The maximum atomic E-state index is 10.2. The summed E-state index contributed by atoms with van der Waals surface area (Å²) in [5.41, 5.74) is 0. The van der Waals surface area contributed by atoms with Crippen LogP contribution < -0.4 is 0 Å². The first-order valence-corrected chi connectivity index (χ1v) is 5.99. The second-order valence-corrected chi connectivity index (χ2v) is 3.97. The lowest BCUT2D eigenvalue weighted by molar-refractivity contribution is -0.137. The highest BCUT2D eigenvalue weighted by Gasteiger charge is 1.96. The molecule has 0 heterocycles. The lowest BCUT2D eigenvalue weighted by Gasteiger charge is -2.00. The summed E-state index contributed by atoms with van der Waals surface area (Å²) in [5.74, 6) is -0.659. The summed E-state index contributed by atoms with van der Waals surface area (Å²) in [6, 6.07) is 0. The van der Waals surface area contributed by atoms with Crippen LogP contribution in [0.25, 0.3) is 0 Å². The zero-order chi connectivity index (χ0) is 10.6. The van der Waals surface area contributed by atoms with Crippen molar-refractivity contribution in [1.29, 1.82) is 0 Å². The molecular formula is C12H24O2S. The first-order valence-electron chi connectivity index (χ1n) is 5.99. The molecular weight excluding hydrogens is 208 g/mol. The lowest BCUT2D eigenvalue weighted by Crippen LogP contribution is -1.93. The minimum Gasteiger partial charge on any atom is -0.481 e. The van der Waals surface area contributed by atoms with Gasteiger partial charge in [0.2, 0.25) is 0 Å². The normalized spacial score (nSPS) is 9.67. The van der Waals surface area contributed by atoms with Gasteiger partial charge in [0.25, 0.3) is 0 Å². The van der Waals surface area contributed by atoms with Crippen LogP contribution in [0.3, 0.4) is 0 Å². The second kappa shape index (κ2) is 13.8. The molecule has 0 saturated heterocycles. The van der Waals surface area contributed by atoms with E-state index in [9.17, 15) is 4.79 Å². The fourth-order valence-electron chi connectivity index (χ4n) is 1.59. The van der Waals surface area contributed by atoms with Gasteiger partial charge in [-0.1, -0.05) is 58.3 Å². The standard InChI is InChI=1S/C12H24O2.S/c1-2-3-4-5-6-7-8-9-10-11-12(13)14;/h2-11H2,1H3,(H,13,14);. The van der Waals surface area contributed by atoms with E-state index < -0.39 is 5.97 Å². The van der Waals surface area contributed by atoms with Gasteiger partial charge in [0, 0.05) is 19.9 Å². The van der Waals surface area contributed by atoms with Gasteiger partial charge in [0.15, 0.2) is 0 Å². The van der Waals surface area contributed by atoms with Crippen LogP contribution in [0.2, 0.25) is 0 Å². The molecule has 0 atom stereocenters. The topological polar surface area (TPSA) is 37.3 Å². The van der Waals surface area contributed by atoms with E-state index in [1.54, 1.807) is 0 Å². The van der Waals surface area contributed by atoms with Crippen molar-refractivity contribution in [2.24, 2.45) is 0 Å². The maximum absolute atomic E-state index is 10.2. The summed E-state index contributed by atoms with van der Waals surface area (Å²) in [7, 11) is 0. The summed E-state index contributed by atoms with van der Waals surface area (Å²) < 4.78 is 0. The maximum Gasteiger partial charge on any atom is 0.303 e. The Morgan fingerprint density at radius 3 is 1.67 bits per heavy atom. The van der Waals surface area contributed by atoms with E-state index in [2.05, 4.69) is 6.92 Å². The highest BCUT2D eigenvalue weighted by Crippen LogP contribution is 2.10. The number of carboxylic acids is 1. The van der Waals surface area contributed by atoms with Crippen molar-refractivity contribution in [3.63, 3.8) is 0 Å². The number of carbonyl (C=O) groups is 1. The van der Waals surface area contributed by atoms with Gasteiger partial charge in [-0.3, -0.25) is 4.79 Å². The second-order valence-electron chi connectivity index (χ2n) is 3.97. The van der Waals surface area contributed by atoms with Gasteiger partial charge in [-0.05, 0) is 6.42 Å². The highest BCUT2D eigenvalue weighted by atomic mass is 32.1. The molecule has 15 heavy (non-hydrogen) atoms. The van der Waals surface area contributed by atoms with Gasteiger partial charge in [0.05, 0.1) is 0 Å². The monoisotopic (exact) mass is 232 g/mol. The summed E-state index contributed by atoms with van der Waals surface area (Å²) >= 11 is 0.